The van der Waals surface area contributed by atoms with Gasteiger partial charge in [0.15, 0.2) is 12.4 Å². The third-order valence-corrected chi connectivity index (χ3v) is 8.51. The number of hydrogen-bond acceptors (Lipinski definition) is 9. The number of morpholine rings is 1. The molecule has 0 radical (unpaired) electrons. The summed E-state index contributed by atoms with van der Waals surface area (Å²) in [5.41, 5.74) is 10.3. The molecule has 3 amide bonds. The fraction of sp³-hybridized carbons (Fsp3) is 0.438. The lowest BCUT2D eigenvalue weighted by Crippen LogP contribution is -2.51. The number of ketones is 1. The number of ether oxygens (including phenoxy) is 2. The summed E-state index contributed by atoms with van der Waals surface area (Å²) in [7, 11) is 0. The monoisotopic (exact) mass is 601 g/mol. The van der Waals surface area contributed by atoms with Gasteiger partial charge in [-0.1, -0.05) is 12.1 Å². The summed E-state index contributed by atoms with van der Waals surface area (Å²) in [6.45, 7) is 9.74. The number of Topliss-reactive ketones (excluding diaryl/α,β-unsaturated/α-hetero) is 1. The molecular weight excluding hydrogens is 562 g/mol. The molecule has 12 heteroatoms. The van der Waals surface area contributed by atoms with Gasteiger partial charge in [-0.25, -0.2) is 9.80 Å². The van der Waals surface area contributed by atoms with Crippen molar-refractivity contribution >= 4 is 34.8 Å². The normalized spacial score (nSPS) is 19.1. The van der Waals surface area contributed by atoms with Crippen LogP contribution in [0.25, 0.3) is 5.70 Å². The molecule has 2 saturated heterocycles. The molecule has 0 atom stereocenters. The third kappa shape index (κ3) is 6.47. The van der Waals surface area contributed by atoms with Crippen LogP contribution >= 0.6 is 0 Å². The molecule has 2 aromatic carbocycles. The molecule has 44 heavy (non-hydrogen) atoms. The average molecular weight is 602 g/mol. The first-order valence-electron chi connectivity index (χ1n) is 15.3. The molecule has 0 aromatic heterocycles. The van der Waals surface area contributed by atoms with E-state index in [1.807, 2.05) is 29.2 Å². The summed E-state index contributed by atoms with van der Waals surface area (Å²) in [5.74, 6) is 0.395. The molecule has 0 saturated carbocycles. The summed E-state index contributed by atoms with van der Waals surface area (Å²) < 4.78 is 11.2. The number of piperazine rings is 1. The van der Waals surface area contributed by atoms with Crippen LogP contribution in [0.5, 0.6) is 5.75 Å². The van der Waals surface area contributed by atoms with Crippen molar-refractivity contribution in [2.75, 3.05) is 64.4 Å². The molecule has 2 bridgehead atoms. The highest BCUT2D eigenvalue weighted by Gasteiger charge is 2.32. The van der Waals surface area contributed by atoms with Crippen LogP contribution in [0, 0.1) is 0 Å². The quantitative estimate of drug-likeness (QED) is 0.442. The van der Waals surface area contributed by atoms with Gasteiger partial charge in [-0.15, -0.1) is 0 Å². The summed E-state index contributed by atoms with van der Waals surface area (Å²) in [5, 5.41) is 9.34. The zero-order valence-corrected chi connectivity index (χ0v) is 25.2. The highest BCUT2D eigenvalue weighted by molar-refractivity contribution is 6.25. The number of anilines is 1. The van der Waals surface area contributed by atoms with Gasteiger partial charge < -0.3 is 19.7 Å². The molecule has 6 rings (SSSR count). The standard InChI is InChI=1S/C32H39N7O5/c1-21(2)37-12-14-38(15-13-37)28(40)20-44-23-8-6-22(7-9-23)30-25-10-11-26(34-35-30)24-4-3-5-27(29(24)31(25)41)33-32(42)36-39-16-18-43-19-17-39/h3-9,21,35H,10-20H2,1-2H3,(H2,33,36,42). The maximum absolute atomic E-state index is 14.1. The topological polar surface area (TPSA) is 128 Å². The fourth-order valence-corrected chi connectivity index (χ4v) is 5.98. The number of nitrogens with one attached hydrogen (secondary N) is 3. The Morgan fingerprint density at radius 3 is 2.48 bits per heavy atom. The van der Waals surface area contributed by atoms with E-state index in [0.29, 0.717) is 92.1 Å². The van der Waals surface area contributed by atoms with Crippen LogP contribution in [-0.4, -0.2) is 103 Å². The lowest BCUT2D eigenvalue weighted by Gasteiger charge is -2.36. The Morgan fingerprint density at radius 1 is 1.00 bits per heavy atom. The van der Waals surface area contributed by atoms with Gasteiger partial charge in [0.25, 0.3) is 5.91 Å². The van der Waals surface area contributed by atoms with Crippen molar-refractivity contribution in [3.8, 4) is 5.75 Å². The molecule has 1 aliphatic carbocycles. The largest absolute Gasteiger partial charge is 0.484 e. The second kappa shape index (κ2) is 13.2. The molecule has 2 fully saturated rings. The molecule has 232 valence electrons. The summed E-state index contributed by atoms with van der Waals surface area (Å²) in [6, 6.07) is 12.8. The van der Waals surface area contributed by atoms with Gasteiger partial charge in [0.1, 0.15) is 5.75 Å². The van der Waals surface area contributed by atoms with Gasteiger partial charge in [-0.3, -0.25) is 25.3 Å². The van der Waals surface area contributed by atoms with Crippen molar-refractivity contribution in [3.63, 3.8) is 0 Å². The number of urea groups is 1. The number of carbonyl (C=O) groups excluding carboxylic acids is 3. The van der Waals surface area contributed by atoms with Crippen LogP contribution in [-0.2, 0) is 9.53 Å². The van der Waals surface area contributed by atoms with Gasteiger partial charge in [0, 0.05) is 62.0 Å². The molecule has 3 aliphatic heterocycles. The summed E-state index contributed by atoms with van der Waals surface area (Å²) in [6.07, 6.45) is 1.09. The Hall–Kier alpha value is -4.26. The first kappa shape index (κ1) is 29.8. The Bertz CT molecular complexity index is 1470. The van der Waals surface area contributed by atoms with Crippen molar-refractivity contribution in [1.82, 2.24) is 25.7 Å². The van der Waals surface area contributed by atoms with E-state index in [0.717, 1.165) is 24.4 Å². The number of benzene rings is 2. The minimum atomic E-state index is -0.413. The molecule has 2 aromatic rings. The Labute approximate surface area is 257 Å². The highest BCUT2D eigenvalue weighted by atomic mass is 16.5. The van der Waals surface area contributed by atoms with E-state index < -0.39 is 6.03 Å². The van der Waals surface area contributed by atoms with E-state index in [2.05, 4.69) is 40.0 Å². The van der Waals surface area contributed by atoms with Crippen molar-refractivity contribution in [2.45, 2.75) is 32.7 Å². The van der Waals surface area contributed by atoms with Crippen LogP contribution in [0.3, 0.4) is 0 Å². The fourth-order valence-electron chi connectivity index (χ4n) is 5.98. The Balaban J connectivity index is 1.15. The Kier molecular flexibility index (Phi) is 8.91. The molecule has 12 nitrogen and oxygen atoms in total. The number of hydrazine groups is 1. The Morgan fingerprint density at radius 2 is 1.75 bits per heavy atom. The van der Waals surface area contributed by atoms with Gasteiger partial charge >= 0.3 is 6.03 Å². The van der Waals surface area contributed by atoms with Crippen LogP contribution in [0.1, 0.15) is 48.2 Å². The van der Waals surface area contributed by atoms with E-state index in [1.54, 1.807) is 23.2 Å². The molecule has 4 aliphatic rings. The minimum absolute atomic E-state index is 0.0228. The molecule has 3 heterocycles. The first-order chi connectivity index (χ1) is 21.4. The van der Waals surface area contributed by atoms with E-state index in [-0.39, 0.29) is 18.3 Å². The molecular formula is C32H39N7O5. The van der Waals surface area contributed by atoms with Crippen LogP contribution in [0.15, 0.2) is 53.1 Å². The van der Waals surface area contributed by atoms with Crippen molar-refractivity contribution < 1.29 is 23.9 Å². The number of nitrogens with zero attached hydrogens (tertiary/aromatic N) is 4. The van der Waals surface area contributed by atoms with E-state index in [4.69, 9.17) is 9.47 Å². The van der Waals surface area contributed by atoms with Crippen molar-refractivity contribution in [1.29, 1.82) is 0 Å². The average Bonchev–Trinajstić information content (AvgIpc) is 3.34. The SMILES string of the molecule is CC(C)N1CCN(C(=O)COc2ccc(C3=C4CCC(=NN3)c3cccc(NC(=O)NN5CCOCC5)c3C4=O)cc2)CC1. The zero-order chi connectivity index (χ0) is 30.6. The van der Waals surface area contributed by atoms with Crippen molar-refractivity contribution in [2.24, 2.45) is 5.10 Å². The number of hydrogen-bond donors (Lipinski definition) is 3. The predicted molar refractivity (Wildman–Crippen MR) is 166 cm³/mol. The summed E-state index contributed by atoms with van der Waals surface area (Å²) >= 11 is 0. The first-order valence-corrected chi connectivity index (χ1v) is 15.3. The van der Waals surface area contributed by atoms with Crippen molar-refractivity contribution in [3.05, 3.63) is 64.7 Å². The highest BCUT2D eigenvalue weighted by Crippen LogP contribution is 2.35. The number of rotatable bonds is 7. The number of carbonyl (C=O) groups is 3. The number of allylic oxidation sites excluding steroid dienone is 1. The minimum Gasteiger partial charge on any atom is -0.484 e. The van der Waals surface area contributed by atoms with Crippen LogP contribution < -0.4 is 20.9 Å². The predicted octanol–water partition coefficient (Wildman–Crippen LogP) is 2.68. The number of hydrazone groups is 1. The van der Waals surface area contributed by atoms with E-state index >= 15 is 0 Å². The van der Waals surface area contributed by atoms with Crippen LogP contribution in [0.4, 0.5) is 10.5 Å². The summed E-state index contributed by atoms with van der Waals surface area (Å²) in [4.78, 5) is 43.8. The van der Waals surface area contributed by atoms with E-state index in [9.17, 15) is 14.4 Å². The number of fused-ring (bicyclic) bond motifs is 5. The van der Waals surface area contributed by atoms with Gasteiger partial charge in [0.2, 0.25) is 0 Å². The molecule has 3 N–H and O–H groups in total. The lowest BCUT2D eigenvalue weighted by atomic mass is 9.94. The zero-order valence-electron chi connectivity index (χ0n) is 25.2. The lowest BCUT2D eigenvalue weighted by molar-refractivity contribution is -0.135. The van der Waals surface area contributed by atoms with Crippen LogP contribution in [0.2, 0.25) is 0 Å². The van der Waals surface area contributed by atoms with E-state index in [1.165, 1.54) is 0 Å². The smallest absolute Gasteiger partial charge is 0.333 e. The maximum Gasteiger partial charge on any atom is 0.333 e. The van der Waals surface area contributed by atoms with Gasteiger partial charge in [0.05, 0.1) is 35.9 Å². The molecule has 0 spiro atoms. The second-order valence-corrected chi connectivity index (χ2v) is 11.6. The number of amides is 3. The molecule has 0 unspecified atom stereocenters. The van der Waals surface area contributed by atoms with Gasteiger partial charge in [-0.05, 0) is 57.0 Å². The third-order valence-electron chi connectivity index (χ3n) is 8.51. The van der Waals surface area contributed by atoms with Gasteiger partial charge in [-0.2, -0.15) is 5.10 Å². The maximum atomic E-state index is 14.1. The second-order valence-electron chi connectivity index (χ2n) is 11.6.